The predicted octanol–water partition coefficient (Wildman–Crippen LogP) is 1.89. The Morgan fingerprint density at radius 1 is 1.41 bits per heavy atom. The Hall–Kier alpha value is -2.48. The highest BCUT2D eigenvalue weighted by Gasteiger charge is 2.30. The van der Waals surface area contributed by atoms with Crippen LogP contribution in [0.3, 0.4) is 0 Å². The van der Waals surface area contributed by atoms with Crippen molar-refractivity contribution < 1.29 is 9.21 Å². The van der Waals surface area contributed by atoms with E-state index in [-0.39, 0.29) is 17.6 Å². The number of nitrogen functional groups attached to an aromatic ring is 1. The molecule has 1 amide bonds. The Bertz CT molecular complexity index is 829. The molecule has 112 valence electrons. The van der Waals surface area contributed by atoms with Crippen LogP contribution in [0.15, 0.2) is 29.1 Å². The van der Waals surface area contributed by atoms with Crippen molar-refractivity contribution >= 4 is 32.7 Å². The highest BCUT2D eigenvalue weighted by atomic mass is 32.1. The number of oxazole rings is 1. The second kappa shape index (κ2) is 5.06. The van der Waals surface area contributed by atoms with Crippen molar-refractivity contribution in [1.82, 2.24) is 19.9 Å². The molecule has 0 radical (unpaired) electrons. The molecule has 4 rings (SSSR count). The van der Waals surface area contributed by atoms with Crippen molar-refractivity contribution in [2.45, 2.75) is 12.3 Å². The van der Waals surface area contributed by atoms with Crippen LogP contribution in [0.2, 0.25) is 0 Å². The summed E-state index contributed by atoms with van der Waals surface area (Å²) in [5.74, 6) is 0.356. The molecule has 1 aliphatic heterocycles. The molecule has 0 saturated carbocycles. The first-order valence-corrected chi connectivity index (χ1v) is 7.73. The lowest BCUT2D eigenvalue weighted by Crippen LogP contribution is -2.28. The zero-order chi connectivity index (χ0) is 15.1. The average molecular weight is 315 g/mol. The number of carbonyl (C=O) groups excluding carboxylic acids is 1. The van der Waals surface area contributed by atoms with Crippen LogP contribution in [0.4, 0.5) is 5.13 Å². The zero-order valence-electron chi connectivity index (χ0n) is 11.6. The van der Waals surface area contributed by atoms with Crippen molar-refractivity contribution in [2.75, 3.05) is 18.8 Å². The number of carbonyl (C=O) groups is 1. The van der Waals surface area contributed by atoms with Crippen LogP contribution >= 0.6 is 11.3 Å². The second-order valence-electron chi connectivity index (χ2n) is 5.21. The number of anilines is 1. The van der Waals surface area contributed by atoms with Gasteiger partial charge in [-0.25, -0.2) is 15.0 Å². The van der Waals surface area contributed by atoms with E-state index in [0.717, 1.165) is 16.8 Å². The molecule has 0 unspecified atom stereocenters. The highest BCUT2D eigenvalue weighted by Crippen LogP contribution is 2.30. The maximum absolute atomic E-state index is 12.2. The number of hydrogen-bond acceptors (Lipinski definition) is 7. The Balaban J connectivity index is 1.55. The Morgan fingerprint density at radius 2 is 2.32 bits per heavy atom. The van der Waals surface area contributed by atoms with Crippen molar-refractivity contribution in [3.63, 3.8) is 0 Å². The van der Waals surface area contributed by atoms with Crippen LogP contribution in [0.25, 0.3) is 10.3 Å². The molecular weight excluding hydrogens is 302 g/mol. The number of aromatic nitrogens is 3. The molecule has 7 nitrogen and oxygen atoms in total. The van der Waals surface area contributed by atoms with Gasteiger partial charge in [-0.2, -0.15) is 0 Å². The van der Waals surface area contributed by atoms with Gasteiger partial charge in [0.2, 0.25) is 5.76 Å². The molecular formula is C14H13N5O2S. The minimum absolute atomic E-state index is 0.126. The Morgan fingerprint density at radius 3 is 3.14 bits per heavy atom. The molecule has 2 N–H and O–H groups in total. The quantitative estimate of drug-likeness (QED) is 0.775. The van der Waals surface area contributed by atoms with Gasteiger partial charge < -0.3 is 15.1 Å². The number of nitrogens with zero attached hydrogens (tertiary/aromatic N) is 4. The smallest absolute Gasteiger partial charge is 0.291 e. The van der Waals surface area contributed by atoms with Crippen LogP contribution < -0.4 is 5.73 Å². The van der Waals surface area contributed by atoms with Gasteiger partial charge in [0.15, 0.2) is 17.2 Å². The largest absolute Gasteiger partial charge is 0.438 e. The number of hydrogen-bond donors (Lipinski definition) is 1. The van der Waals surface area contributed by atoms with E-state index in [1.54, 1.807) is 4.90 Å². The summed E-state index contributed by atoms with van der Waals surface area (Å²) >= 11 is 1.43. The molecule has 0 spiro atoms. The Labute approximate surface area is 129 Å². The lowest BCUT2D eigenvalue weighted by atomic mass is 10.0. The normalized spacial score (nSPS) is 18.2. The maximum Gasteiger partial charge on any atom is 0.291 e. The number of thiazole rings is 1. The molecule has 1 atom stereocenters. The monoisotopic (exact) mass is 315 g/mol. The van der Waals surface area contributed by atoms with E-state index < -0.39 is 0 Å². The van der Waals surface area contributed by atoms with Crippen LogP contribution in [-0.2, 0) is 0 Å². The van der Waals surface area contributed by atoms with Crippen LogP contribution in [0.1, 0.15) is 28.6 Å². The fourth-order valence-corrected chi connectivity index (χ4v) is 3.42. The van der Waals surface area contributed by atoms with Crippen LogP contribution in [0, 0.1) is 0 Å². The minimum Gasteiger partial charge on any atom is -0.438 e. The molecule has 1 fully saturated rings. The minimum atomic E-state index is -0.126. The van der Waals surface area contributed by atoms with E-state index in [1.807, 2.05) is 12.1 Å². The third kappa shape index (κ3) is 2.21. The summed E-state index contributed by atoms with van der Waals surface area (Å²) in [7, 11) is 0. The standard InChI is InChI=1S/C14H13N5O2S/c15-14-18-12-11(22-14)2-1-9(17-12)8-3-4-19(6-8)13(20)10-5-16-7-21-10/h1-2,5,7-8H,3-4,6H2,(H2,15,17,18)/t8-/m0/s1. The van der Waals surface area contributed by atoms with E-state index in [1.165, 1.54) is 23.9 Å². The summed E-state index contributed by atoms with van der Waals surface area (Å²) in [6.45, 7) is 1.31. The van der Waals surface area contributed by atoms with Gasteiger partial charge in [-0.05, 0) is 18.6 Å². The lowest BCUT2D eigenvalue weighted by molar-refractivity contribution is 0.0759. The van der Waals surface area contributed by atoms with E-state index in [9.17, 15) is 4.79 Å². The molecule has 0 bridgehead atoms. The van der Waals surface area contributed by atoms with Gasteiger partial charge in [0, 0.05) is 24.7 Å². The van der Waals surface area contributed by atoms with Gasteiger partial charge in [-0.3, -0.25) is 4.79 Å². The zero-order valence-corrected chi connectivity index (χ0v) is 12.4. The van der Waals surface area contributed by atoms with Gasteiger partial charge in [0.25, 0.3) is 5.91 Å². The van der Waals surface area contributed by atoms with E-state index in [0.29, 0.717) is 23.9 Å². The number of nitrogens with two attached hydrogens (primary N) is 1. The van der Waals surface area contributed by atoms with Gasteiger partial charge >= 0.3 is 0 Å². The average Bonchev–Trinajstić information content (AvgIpc) is 3.25. The molecule has 1 saturated heterocycles. The first kappa shape index (κ1) is 13.2. The third-order valence-electron chi connectivity index (χ3n) is 3.83. The summed E-state index contributed by atoms with van der Waals surface area (Å²) < 4.78 is 6.05. The van der Waals surface area contributed by atoms with E-state index in [4.69, 9.17) is 10.2 Å². The highest BCUT2D eigenvalue weighted by molar-refractivity contribution is 7.21. The van der Waals surface area contributed by atoms with Crippen molar-refractivity contribution in [2.24, 2.45) is 0 Å². The summed E-state index contributed by atoms with van der Waals surface area (Å²) in [4.78, 5) is 26.6. The van der Waals surface area contributed by atoms with Crippen molar-refractivity contribution in [3.8, 4) is 0 Å². The third-order valence-corrected chi connectivity index (χ3v) is 4.67. The van der Waals surface area contributed by atoms with Gasteiger partial charge in [-0.1, -0.05) is 11.3 Å². The number of likely N-dealkylation sites (tertiary alicyclic amines) is 1. The fraction of sp³-hybridized carbons (Fsp3) is 0.286. The lowest BCUT2D eigenvalue weighted by Gasteiger charge is -2.14. The van der Waals surface area contributed by atoms with Crippen LogP contribution in [0.5, 0.6) is 0 Å². The molecule has 1 aliphatic rings. The first-order valence-electron chi connectivity index (χ1n) is 6.91. The second-order valence-corrected chi connectivity index (χ2v) is 6.27. The summed E-state index contributed by atoms with van der Waals surface area (Å²) in [5.41, 5.74) is 7.34. The molecule has 3 aromatic heterocycles. The first-order chi connectivity index (χ1) is 10.7. The predicted molar refractivity (Wildman–Crippen MR) is 81.6 cm³/mol. The molecule has 22 heavy (non-hydrogen) atoms. The van der Waals surface area contributed by atoms with Crippen molar-refractivity contribution in [3.05, 3.63) is 36.2 Å². The van der Waals surface area contributed by atoms with E-state index in [2.05, 4.69) is 15.0 Å². The number of pyridine rings is 1. The number of amides is 1. The SMILES string of the molecule is Nc1nc2nc([C@H]3CCN(C(=O)c4cnco4)C3)ccc2s1. The number of rotatable bonds is 2. The molecule has 4 heterocycles. The molecule has 8 heteroatoms. The molecule has 3 aromatic rings. The Kier molecular flexibility index (Phi) is 3.04. The van der Waals surface area contributed by atoms with Gasteiger partial charge in [0.05, 0.1) is 10.9 Å². The maximum atomic E-state index is 12.2. The van der Waals surface area contributed by atoms with Crippen LogP contribution in [-0.4, -0.2) is 38.8 Å². The van der Waals surface area contributed by atoms with Gasteiger partial charge in [-0.15, -0.1) is 0 Å². The molecule has 0 aliphatic carbocycles. The molecule has 0 aromatic carbocycles. The summed E-state index contributed by atoms with van der Waals surface area (Å²) in [6.07, 6.45) is 3.58. The fourth-order valence-electron chi connectivity index (χ4n) is 2.74. The van der Waals surface area contributed by atoms with Crippen molar-refractivity contribution in [1.29, 1.82) is 0 Å². The summed E-state index contributed by atoms with van der Waals surface area (Å²) in [5, 5.41) is 0.521. The topological polar surface area (TPSA) is 98.1 Å². The number of fused-ring (bicyclic) bond motifs is 1. The van der Waals surface area contributed by atoms with Gasteiger partial charge in [0.1, 0.15) is 0 Å². The van der Waals surface area contributed by atoms with E-state index >= 15 is 0 Å². The summed E-state index contributed by atoms with van der Waals surface area (Å²) in [6, 6.07) is 3.99.